The van der Waals surface area contributed by atoms with Crippen LogP contribution in [0.5, 0.6) is 0 Å². The molecule has 0 radical (unpaired) electrons. The molecule has 0 amide bonds. The molecule has 4 heteroatoms. The molecule has 0 aliphatic rings. The Morgan fingerprint density at radius 1 is 1.33 bits per heavy atom. The zero-order valence-corrected chi connectivity index (χ0v) is 10.2. The molecular weight excluding hydrogens is 232 g/mol. The lowest BCUT2D eigenvalue weighted by Gasteiger charge is -2.15. The molecule has 0 aliphatic heterocycles. The summed E-state index contributed by atoms with van der Waals surface area (Å²) in [5.74, 6) is -1.12. The van der Waals surface area contributed by atoms with Crippen molar-refractivity contribution in [1.82, 2.24) is 0 Å². The summed E-state index contributed by atoms with van der Waals surface area (Å²) in [6.45, 7) is 3.63. The molecular formula is C11H13ClO2S. The Hall–Kier alpha value is -0.670. The topological polar surface area (TPSA) is 37.3 Å². The molecule has 1 rings (SSSR count). The summed E-state index contributed by atoms with van der Waals surface area (Å²) in [5, 5.41) is 9.58. The molecule has 82 valence electrons. The third-order valence-corrected chi connectivity index (χ3v) is 3.81. The van der Waals surface area contributed by atoms with Crippen LogP contribution in [0.1, 0.15) is 13.8 Å². The quantitative estimate of drug-likeness (QED) is 0.824. The van der Waals surface area contributed by atoms with E-state index >= 15 is 0 Å². The molecule has 1 N–H and O–H groups in total. The van der Waals surface area contributed by atoms with Gasteiger partial charge in [0.1, 0.15) is 0 Å². The molecule has 0 heterocycles. The largest absolute Gasteiger partial charge is 0.481 e. The second-order valence-electron chi connectivity index (χ2n) is 3.40. The van der Waals surface area contributed by atoms with Crippen molar-refractivity contribution < 1.29 is 9.90 Å². The minimum Gasteiger partial charge on any atom is -0.481 e. The van der Waals surface area contributed by atoms with Crippen LogP contribution in [0.2, 0.25) is 5.02 Å². The first-order valence-corrected chi connectivity index (χ1v) is 5.91. The normalized spacial score (nSPS) is 14.6. The highest BCUT2D eigenvalue weighted by Gasteiger charge is 2.19. The van der Waals surface area contributed by atoms with Crippen molar-refractivity contribution in [3.05, 3.63) is 29.3 Å². The maximum absolute atomic E-state index is 10.8. The van der Waals surface area contributed by atoms with Gasteiger partial charge >= 0.3 is 5.97 Å². The van der Waals surface area contributed by atoms with Crippen molar-refractivity contribution in [3.63, 3.8) is 0 Å². The van der Waals surface area contributed by atoms with E-state index in [-0.39, 0.29) is 11.2 Å². The summed E-state index contributed by atoms with van der Waals surface area (Å²) < 4.78 is 0. The third kappa shape index (κ3) is 3.76. The highest BCUT2D eigenvalue weighted by molar-refractivity contribution is 8.00. The van der Waals surface area contributed by atoms with E-state index in [1.54, 1.807) is 18.7 Å². The van der Waals surface area contributed by atoms with E-state index in [4.69, 9.17) is 16.7 Å². The molecule has 0 spiro atoms. The third-order valence-electron chi connectivity index (χ3n) is 2.23. The van der Waals surface area contributed by atoms with Crippen molar-refractivity contribution in [3.8, 4) is 0 Å². The SMILES string of the molecule is CC(Sc1ccc(Cl)cc1)C(C)C(=O)O. The van der Waals surface area contributed by atoms with Crippen LogP contribution < -0.4 is 0 Å². The number of thioether (sulfide) groups is 1. The zero-order valence-electron chi connectivity index (χ0n) is 8.61. The standard InChI is InChI=1S/C11H13ClO2S/c1-7(11(13)14)8(2)15-10-5-3-9(12)4-6-10/h3-8H,1-2H3,(H,13,14). The van der Waals surface area contributed by atoms with Crippen LogP contribution in [-0.4, -0.2) is 16.3 Å². The average Bonchev–Trinajstić information content (AvgIpc) is 2.20. The van der Waals surface area contributed by atoms with E-state index in [9.17, 15) is 4.79 Å². The summed E-state index contributed by atoms with van der Waals surface area (Å²) in [7, 11) is 0. The van der Waals surface area contributed by atoms with Gasteiger partial charge in [0.05, 0.1) is 5.92 Å². The Kier molecular flexibility index (Phi) is 4.48. The number of hydrogen-bond acceptors (Lipinski definition) is 2. The van der Waals surface area contributed by atoms with E-state index in [1.165, 1.54) is 0 Å². The first kappa shape index (κ1) is 12.4. The fourth-order valence-corrected chi connectivity index (χ4v) is 2.20. The molecule has 1 aromatic rings. The maximum atomic E-state index is 10.8. The number of benzene rings is 1. The molecule has 0 saturated heterocycles. The van der Waals surface area contributed by atoms with Gasteiger partial charge < -0.3 is 5.11 Å². The zero-order chi connectivity index (χ0) is 11.4. The summed E-state index contributed by atoms with van der Waals surface area (Å²) in [6, 6.07) is 7.42. The Balaban J connectivity index is 2.62. The van der Waals surface area contributed by atoms with Crippen molar-refractivity contribution in [2.45, 2.75) is 24.0 Å². The van der Waals surface area contributed by atoms with E-state index in [0.717, 1.165) is 4.90 Å². The number of halogens is 1. The van der Waals surface area contributed by atoms with Gasteiger partial charge in [0.15, 0.2) is 0 Å². The second-order valence-corrected chi connectivity index (χ2v) is 5.29. The Morgan fingerprint density at radius 2 is 1.87 bits per heavy atom. The number of carbonyl (C=O) groups is 1. The fraction of sp³-hybridized carbons (Fsp3) is 0.364. The summed E-state index contributed by atoms with van der Waals surface area (Å²) in [5.41, 5.74) is 0. The Bertz CT molecular complexity index is 337. The van der Waals surface area contributed by atoms with E-state index < -0.39 is 5.97 Å². The monoisotopic (exact) mass is 244 g/mol. The van der Waals surface area contributed by atoms with Crippen molar-refractivity contribution in [2.75, 3.05) is 0 Å². The van der Waals surface area contributed by atoms with Crippen LogP contribution >= 0.6 is 23.4 Å². The van der Waals surface area contributed by atoms with Crippen LogP contribution in [0.25, 0.3) is 0 Å². The van der Waals surface area contributed by atoms with Gasteiger partial charge in [-0.25, -0.2) is 0 Å². The van der Waals surface area contributed by atoms with Crippen LogP contribution in [0.3, 0.4) is 0 Å². The first-order valence-electron chi connectivity index (χ1n) is 4.65. The molecule has 0 saturated carbocycles. The van der Waals surface area contributed by atoms with E-state index in [2.05, 4.69) is 0 Å². The van der Waals surface area contributed by atoms with Crippen molar-refractivity contribution in [2.24, 2.45) is 5.92 Å². The molecule has 0 aromatic heterocycles. The van der Waals surface area contributed by atoms with Gasteiger partial charge in [0.2, 0.25) is 0 Å². The van der Waals surface area contributed by atoms with Gasteiger partial charge in [-0.3, -0.25) is 4.79 Å². The van der Waals surface area contributed by atoms with Gasteiger partial charge in [0, 0.05) is 15.2 Å². The lowest BCUT2D eigenvalue weighted by atomic mass is 10.1. The minimum absolute atomic E-state index is 0.0451. The van der Waals surface area contributed by atoms with Crippen LogP contribution in [-0.2, 0) is 4.79 Å². The molecule has 0 aliphatic carbocycles. The predicted octanol–water partition coefficient (Wildman–Crippen LogP) is 3.54. The molecule has 2 atom stereocenters. The molecule has 15 heavy (non-hydrogen) atoms. The number of hydrogen-bond donors (Lipinski definition) is 1. The highest BCUT2D eigenvalue weighted by atomic mass is 35.5. The van der Waals surface area contributed by atoms with Crippen LogP contribution in [0.15, 0.2) is 29.2 Å². The lowest BCUT2D eigenvalue weighted by molar-refractivity contribution is -0.140. The lowest BCUT2D eigenvalue weighted by Crippen LogP contribution is -2.19. The average molecular weight is 245 g/mol. The highest BCUT2D eigenvalue weighted by Crippen LogP contribution is 2.28. The van der Waals surface area contributed by atoms with Gasteiger partial charge in [-0.05, 0) is 24.3 Å². The van der Waals surface area contributed by atoms with Crippen LogP contribution in [0.4, 0.5) is 0 Å². The predicted molar refractivity (Wildman–Crippen MR) is 63.6 cm³/mol. The van der Waals surface area contributed by atoms with Crippen LogP contribution in [0, 0.1) is 5.92 Å². The molecule has 1 aromatic carbocycles. The summed E-state index contributed by atoms with van der Waals surface area (Å²) >= 11 is 7.31. The van der Waals surface area contributed by atoms with Gasteiger partial charge in [0.25, 0.3) is 0 Å². The van der Waals surface area contributed by atoms with Gasteiger partial charge in [-0.1, -0.05) is 25.4 Å². The van der Waals surface area contributed by atoms with E-state index in [1.807, 2.05) is 31.2 Å². The maximum Gasteiger partial charge on any atom is 0.307 e. The van der Waals surface area contributed by atoms with Gasteiger partial charge in [-0.2, -0.15) is 0 Å². The van der Waals surface area contributed by atoms with Gasteiger partial charge in [-0.15, -0.1) is 11.8 Å². The summed E-state index contributed by atoms with van der Waals surface area (Å²) in [6.07, 6.45) is 0. The molecule has 2 nitrogen and oxygen atoms in total. The minimum atomic E-state index is -0.760. The Labute approximate surface area is 98.6 Å². The summed E-state index contributed by atoms with van der Waals surface area (Å²) in [4.78, 5) is 11.8. The van der Waals surface area contributed by atoms with Crippen molar-refractivity contribution >= 4 is 29.3 Å². The number of rotatable bonds is 4. The fourth-order valence-electron chi connectivity index (χ4n) is 1.03. The number of carboxylic acids is 1. The second kappa shape index (κ2) is 5.42. The smallest absolute Gasteiger partial charge is 0.307 e. The van der Waals surface area contributed by atoms with Crippen molar-refractivity contribution in [1.29, 1.82) is 0 Å². The molecule has 0 bridgehead atoms. The number of aliphatic carboxylic acids is 1. The first-order chi connectivity index (χ1) is 7.00. The van der Waals surface area contributed by atoms with E-state index in [0.29, 0.717) is 5.02 Å². The Morgan fingerprint density at radius 3 is 2.33 bits per heavy atom. The number of carboxylic acid groups (broad SMARTS) is 1. The molecule has 2 unspecified atom stereocenters. The molecule has 0 fully saturated rings.